The number of methoxy groups -OCH3 is 1. The Kier molecular flexibility index (Phi) is 4.11. The van der Waals surface area contributed by atoms with Crippen LogP contribution in [0, 0.1) is 6.92 Å². The molecule has 1 fully saturated rings. The third-order valence-corrected chi connectivity index (χ3v) is 5.49. The van der Waals surface area contributed by atoms with E-state index in [4.69, 9.17) is 9.84 Å². The van der Waals surface area contributed by atoms with Crippen LogP contribution in [0.2, 0.25) is 0 Å². The highest BCUT2D eigenvalue weighted by atomic mass is 32.2. The van der Waals surface area contributed by atoms with Gasteiger partial charge in [-0.05, 0) is 19.8 Å². The predicted octanol–water partition coefficient (Wildman–Crippen LogP) is 0.216. The van der Waals surface area contributed by atoms with Crippen LogP contribution in [0.15, 0.2) is 4.90 Å². The van der Waals surface area contributed by atoms with Gasteiger partial charge in [-0.15, -0.1) is 0 Å². The highest BCUT2D eigenvalue weighted by Gasteiger charge is 2.35. The zero-order chi connectivity index (χ0) is 14.9. The molecule has 0 amide bonds. The molecule has 0 aromatic carbocycles. The SMILES string of the molecule is COC1CCN(S(=O)(=O)c2c(C(=O)O)n[nH]c2C)CC1. The van der Waals surface area contributed by atoms with Crippen molar-refractivity contribution in [2.24, 2.45) is 0 Å². The van der Waals surface area contributed by atoms with Gasteiger partial charge in [0.15, 0.2) is 5.69 Å². The molecule has 0 radical (unpaired) electrons. The fourth-order valence-electron chi connectivity index (χ4n) is 2.32. The highest BCUT2D eigenvalue weighted by molar-refractivity contribution is 7.89. The van der Waals surface area contributed by atoms with E-state index < -0.39 is 21.7 Å². The molecule has 0 aliphatic carbocycles. The van der Waals surface area contributed by atoms with Gasteiger partial charge in [0.1, 0.15) is 4.90 Å². The molecular weight excluding hydrogens is 286 g/mol. The zero-order valence-corrected chi connectivity index (χ0v) is 12.1. The Morgan fingerprint density at radius 1 is 1.45 bits per heavy atom. The molecule has 0 saturated carbocycles. The monoisotopic (exact) mass is 303 g/mol. The van der Waals surface area contributed by atoms with Crippen molar-refractivity contribution in [3.63, 3.8) is 0 Å². The van der Waals surface area contributed by atoms with Crippen LogP contribution in [0.25, 0.3) is 0 Å². The number of ether oxygens (including phenoxy) is 1. The Morgan fingerprint density at radius 3 is 2.55 bits per heavy atom. The average molecular weight is 303 g/mol. The Balaban J connectivity index is 2.32. The van der Waals surface area contributed by atoms with Gasteiger partial charge >= 0.3 is 5.97 Å². The van der Waals surface area contributed by atoms with E-state index in [0.717, 1.165) is 0 Å². The normalized spacial score (nSPS) is 18.3. The number of rotatable bonds is 4. The summed E-state index contributed by atoms with van der Waals surface area (Å²) >= 11 is 0. The van der Waals surface area contributed by atoms with Crippen LogP contribution < -0.4 is 0 Å². The smallest absolute Gasteiger partial charge is 0.357 e. The lowest BCUT2D eigenvalue weighted by atomic mass is 10.1. The quantitative estimate of drug-likeness (QED) is 0.822. The first-order chi connectivity index (χ1) is 9.37. The maximum absolute atomic E-state index is 12.6. The molecule has 1 aliphatic heterocycles. The molecule has 2 N–H and O–H groups in total. The summed E-state index contributed by atoms with van der Waals surface area (Å²) in [7, 11) is -2.26. The Hall–Kier alpha value is -1.45. The molecule has 1 saturated heterocycles. The molecule has 2 heterocycles. The van der Waals surface area contributed by atoms with Gasteiger partial charge in [-0.1, -0.05) is 0 Å². The molecule has 0 bridgehead atoms. The molecule has 112 valence electrons. The Bertz CT molecular complexity index is 602. The molecule has 0 spiro atoms. The number of nitrogens with one attached hydrogen (secondary N) is 1. The van der Waals surface area contributed by atoms with Crippen LogP contribution in [0.5, 0.6) is 0 Å². The van der Waals surface area contributed by atoms with Crippen LogP contribution in [0.3, 0.4) is 0 Å². The first-order valence-corrected chi connectivity index (χ1v) is 7.63. The lowest BCUT2D eigenvalue weighted by molar-refractivity contribution is 0.0602. The van der Waals surface area contributed by atoms with Crippen LogP contribution >= 0.6 is 0 Å². The lowest BCUT2D eigenvalue weighted by Crippen LogP contribution is -2.41. The van der Waals surface area contributed by atoms with Gasteiger partial charge in [0, 0.05) is 20.2 Å². The molecule has 20 heavy (non-hydrogen) atoms. The summed E-state index contributed by atoms with van der Waals surface area (Å²) in [6.45, 7) is 2.11. The maximum Gasteiger partial charge on any atom is 0.357 e. The van der Waals surface area contributed by atoms with Gasteiger partial charge in [0.05, 0.1) is 11.8 Å². The van der Waals surface area contributed by atoms with Gasteiger partial charge in [-0.3, -0.25) is 5.10 Å². The van der Waals surface area contributed by atoms with E-state index in [1.807, 2.05) is 0 Å². The highest BCUT2D eigenvalue weighted by Crippen LogP contribution is 2.25. The number of piperidine rings is 1. The van der Waals surface area contributed by atoms with E-state index in [-0.39, 0.29) is 16.7 Å². The molecule has 9 heteroatoms. The van der Waals surface area contributed by atoms with Crippen LogP contribution in [-0.4, -0.2) is 60.3 Å². The third kappa shape index (κ3) is 2.56. The summed E-state index contributed by atoms with van der Waals surface area (Å²) in [6, 6.07) is 0. The number of aryl methyl sites for hydroxylation is 1. The minimum Gasteiger partial charge on any atom is -0.476 e. The molecule has 2 rings (SSSR count). The van der Waals surface area contributed by atoms with Crippen molar-refractivity contribution in [3.05, 3.63) is 11.4 Å². The minimum absolute atomic E-state index is 0.0471. The largest absolute Gasteiger partial charge is 0.476 e. The molecule has 1 aromatic rings. The number of nitrogens with zero attached hydrogens (tertiary/aromatic N) is 2. The molecule has 0 atom stereocenters. The Labute approximate surface area is 116 Å². The van der Waals surface area contributed by atoms with E-state index in [2.05, 4.69) is 10.2 Å². The molecule has 1 aliphatic rings. The minimum atomic E-state index is -3.85. The number of H-pyrrole nitrogens is 1. The van der Waals surface area contributed by atoms with Crippen molar-refractivity contribution in [1.29, 1.82) is 0 Å². The number of aromatic carboxylic acids is 1. The predicted molar refractivity (Wildman–Crippen MR) is 69.1 cm³/mol. The van der Waals surface area contributed by atoms with Gasteiger partial charge < -0.3 is 9.84 Å². The second kappa shape index (κ2) is 5.51. The van der Waals surface area contributed by atoms with Crippen molar-refractivity contribution < 1.29 is 23.1 Å². The summed E-state index contributed by atoms with van der Waals surface area (Å²) in [6.07, 6.45) is 1.23. The van der Waals surface area contributed by atoms with Crippen molar-refractivity contribution >= 4 is 16.0 Å². The Morgan fingerprint density at radius 2 is 2.05 bits per heavy atom. The molecule has 1 aromatic heterocycles. The van der Waals surface area contributed by atoms with Crippen LogP contribution in [0.1, 0.15) is 29.0 Å². The maximum atomic E-state index is 12.6. The lowest BCUT2D eigenvalue weighted by Gasteiger charge is -2.30. The topological polar surface area (TPSA) is 113 Å². The molecular formula is C11H17N3O5S. The molecule has 8 nitrogen and oxygen atoms in total. The van der Waals surface area contributed by atoms with Crippen molar-refractivity contribution in [2.75, 3.05) is 20.2 Å². The van der Waals surface area contributed by atoms with Gasteiger partial charge in [-0.25, -0.2) is 13.2 Å². The number of hydrogen-bond acceptors (Lipinski definition) is 5. The fourth-order valence-corrected chi connectivity index (χ4v) is 4.08. The standard InChI is InChI=1S/C11H17N3O5S/c1-7-10(9(11(15)16)13-12-7)20(17,18)14-5-3-8(19-2)4-6-14/h8H,3-6H2,1-2H3,(H,12,13)(H,15,16). The van der Waals surface area contributed by atoms with Crippen molar-refractivity contribution in [1.82, 2.24) is 14.5 Å². The molecule has 0 unspecified atom stereocenters. The number of carbonyl (C=O) groups is 1. The summed E-state index contributed by atoms with van der Waals surface area (Å²) < 4.78 is 31.6. The van der Waals surface area contributed by atoms with Gasteiger partial charge in [0.2, 0.25) is 10.0 Å². The van der Waals surface area contributed by atoms with E-state index in [0.29, 0.717) is 25.9 Å². The number of hydrogen-bond donors (Lipinski definition) is 2. The summed E-state index contributed by atoms with van der Waals surface area (Å²) in [5.74, 6) is -1.36. The summed E-state index contributed by atoms with van der Waals surface area (Å²) in [4.78, 5) is 10.8. The van der Waals surface area contributed by atoms with Gasteiger partial charge in [0.25, 0.3) is 0 Å². The van der Waals surface area contributed by atoms with Crippen LogP contribution in [-0.2, 0) is 14.8 Å². The number of carboxylic acids is 1. The second-order valence-corrected chi connectivity index (χ2v) is 6.55. The van der Waals surface area contributed by atoms with Crippen molar-refractivity contribution in [3.8, 4) is 0 Å². The van der Waals surface area contributed by atoms with E-state index in [9.17, 15) is 13.2 Å². The number of aromatic amines is 1. The van der Waals surface area contributed by atoms with Gasteiger partial charge in [-0.2, -0.15) is 9.40 Å². The second-order valence-electron chi connectivity index (χ2n) is 4.67. The number of sulfonamides is 1. The van der Waals surface area contributed by atoms with Crippen molar-refractivity contribution in [2.45, 2.75) is 30.8 Å². The average Bonchev–Trinajstić information content (AvgIpc) is 2.81. The third-order valence-electron chi connectivity index (χ3n) is 3.43. The first kappa shape index (κ1) is 14.9. The van der Waals surface area contributed by atoms with Crippen LogP contribution in [0.4, 0.5) is 0 Å². The van der Waals surface area contributed by atoms with E-state index >= 15 is 0 Å². The first-order valence-electron chi connectivity index (χ1n) is 6.19. The number of carboxylic acid groups (broad SMARTS) is 1. The number of aromatic nitrogens is 2. The summed E-state index contributed by atoms with van der Waals surface area (Å²) in [5, 5.41) is 15.0. The van der Waals surface area contributed by atoms with E-state index in [1.54, 1.807) is 7.11 Å². The fraction of sp³-hybridized carbons (Fsp3) is 0.636. The van der Waals surface area contributed by atoms with E-state index in [1.165, 1.54) is 11.2 Å². The zero-order valence-electron chi connectivity index (χ0n) is 11.3. The summed E-state index contributed by atoms with van der Waals surface area (Å²) in [5.41, 5.74) is -0.229.